The number of carbonyl (C=O) groups excluding carboxylic acids is 4. The summed E-state index contributed by atoms with van der Waals surface area (Å²) in [6.07, 6.45) is 4.60. The van der Waals surface area contributed by atoms with Crippen molar-refractivity contribution in [2.45, 2.75) is 34.1 Å². The van der Waals surface area contributed by atoms with Gasteiger partial charge in [0.15, 0.2) is 0 Å². The van der Waals surface area contributed by atoms with E-state index >= 15 is 0 Å². The summed E-state index contributed by atoms with van der Waals surface area (Å²) in [4.78, 5) is 60.0. The first-order valence-electron chi connectivity index (χ1n) is 15.5. The molecule has 220 valence electrons. The molecule has 2 heterocycles. The molecule has 7 atom stereocenters. The molecule has 2 aliphatic heterocycles. The van der Waals surface area contributed by atoms with E-state index < -0.39 is 23.7 Å². The molecule has 44 heavy (non-hydrogen) atoms. The molecule has 4 aliphatic carbocycles. The van der Waals surface area contributed by atoms with Gasteiger partial charge in [0.2, 0.25) is 23.6 Å². The third kappa shape index (κ3) is 3.54. The van der Waals surface area contributed by atoms with E-state index in [0.717, 1.165) is 39.0 Å². The van der Waals surface area contributed by atoms with E-state index in [9.17, 15) is 19.2 Å². The van der Waals surface area contributed by atoms with Crippen LogP contribution in [0.15, 0.2) is 84.5 Å². The summed E-state index contributed by atoms with van der Waals surface area (Å²) in [7, 11) is 0. The Balaban J connectivity index is 1.29. The number of nitrogens with zero attached hydrogens (tertiary/aromatic N) is 2. The van der Waals surface area contributed by atoms with Crippen molar-refractivity contribution in [2.75, 3.05) is 9.80 Å². The lowest BCUT2D eigenvalue weighted by Crippen LogP contribution is -2.51. The van der Waals surface area contributed by atoms with E-state index in [4.69, 9.17) is 0 Å². The summed E-state index contributed by atoms with van der Waals surface area (Å²) in [6, 6.07) is 21.6. The van der Waals surface area contributed by atoms with Crippen LogP contribution >= 0.6 is 0 Å². The largest absolute Gasteiger partial charge is 0.274 e. The highest BCUT2D eigenvalue weighted by atomic mass is 16.2. The van der Waals surface area contributed by atoms with Crippen LogP contribution in [0.5, 0.6) is 0 Å². The topological polar surface area (TPSA) is 74.8 Å². The first kappa shape index (κ1) is 27.0. The van der Waals surface area contributed by atoms with Crippen LogP contribution in [-0.2, 0) is 19.2 Å². The Kier molecular flexibility index (Phi) is 5.80. The van der Waals surface area contributed by atoms with Crippen LogP contribution in [0.3, 0.4) is 0 Å². The van der Waals surface area contributed by atoms with E-state index in [0.29, 0.717) is 17.8 Å². The number of imide groups is 2. The molecule has 1 saturated carbocycles. The molecular weight excluding hydrogens is 548 g/mol. The quantitative estimate of drug-likeness (QED) is 0.276. The summed E-state index contributed by atoms with van der Waals surface area (Å²) >= 11 is 0. The highest BCUT2D eigenvalue weighted by Gasteiger charge is 2.67. The van der Waals surface area contributed by atoms with E-state index in [1.54, 1.807) is 0 Å². The summed E-state index contributed by atoms with van der Waals surface area (Å²) < 4.78 is 0. The van der Waals surface area contributed by atoms with Crippen molar-refractivity contribution in [3.8, 4) is 0 Å². The van der Waals surface area contributed by atoms with Gasteiger partial charge in [0.05, 0.1) is 35.0 Å². The molecule has 0 aromatic heterocycles. The minimum Gasteiger partial charge on any atom is -0.274 e. The Hall–Kier alpha value is -4.58. The third-order valence-corrected chi connectivity index (χ3v) is 10.8. The maximum Gasteiger partial charge on any atom is 0.238 e. The van der Waals surface area contributed by atoms with Crippen molar-refractivity contribution in [3.63, 3.8) is 0 Å². The van der Waals surface area contributed by atoms with Gasteiger partial charge in [-0.25, -0.2) is 9.80 Å². The van der Waals surface area contributed by atoms with Crippen molar-refractivity contribution < 1.29 is 19.2 Å². The lowest BCUT2D eigenvalue weighted by molar-refractivity contribution is -0.129. The predicted molar refractivity (Wildman–Crippen MR) is 168 cm³/mol. The molecule has 0 unspecified atom stereocenters. The van der Waals surface area contributed by atoms with Gasteiger partial charge in [-0.2, -0.15) is 0 Å². The Morgan fingerprint density at radius 2 is 1.16 bits per heavy atom. The minimum atomic E-state index is -0.581. The molecule has 0 N–H and O–H groups in total. The summed E-state index contributed by atoms with van der Waals surface area (Å²) in [5, 5.41) is 0. The van der Waals surface area contributed by atoms with Gasteiger partial charge in [-0.15, -0.1) is 0 Å². The first-order valence-corrected chi connectivity index (χ1v) is 15.5. The SMILES string of the molecule is Cc1ccc(N2C(=O)[C@H]3[C@@H]4C=C[C@H](C5=C(c6ccccc6)C[C@@H]6C(=O)N(c7ccc(C)cc7C)C(=O)[C@H]6[C@H]54)[C@H]3C2=O)c(C)c1. The highest BCUT2D eigenvalue weighted by Crippen LogP contribution is 2.63. The number of carbonyl (C=O) groups is 4. The number of fused-ring (bicyclic) bond motifs is 1. The third-order valence-electron chi connectivity index (χ3n) is 10.8. The van der Waals surface area contributed by atoms with Gasteiger partial charge in [-0.3, -0.25) is 19.2 Å². The van der Waals surface area contributed by atoms with E-state index in [1.807, 2.05) is 82.3 Å². The monoisotopic (exact) mass is 582 g/mol. The van der Waals surface area contributed by atoms with Crippen LogP contribution in [0.25, 0.3) is 5.57 Å². The van der Waals surface area contributed by atoms with Gasteiger partial charge in [0.25, 0.3) is 0 Å². The van der Waals surface area contributed by atoms with Crippen LogP contribution in [0.2, 0.25) is 0 Å². The number of hydrogen-bond donors (Lipinski definition) is 0. The fourth-order valence-corrected chi connectivity index (χ4v) is 9.10. The molecule has 9 rings (SSSR count). The molecule has 2 saturated heterocycles. The Morgan fingerprint density at radius 1 is 0.591 bits per heavy atom. The summed E-state index contributed by atoms with van der Waals surface area (Å²) in [5.41, 5.74) is 8.28. The molecule has 6 aliphatic rings. The molecule has 6 heteroatoms. The average molecular weight is 583 g/mol. The van der Waals surface area contributed by atoms with Gasteiger partial charge in [0, 0.05) is 11.8 Å². The molecule has 2 bridgehead atoms. The van der Waals surface area contributed by atoms with E-state index in [-0.39, 0.29) is 41.4 Å². The van der Waals surface area contributed by atoms with Gasteiger partial charge >= 0.3 is 0 Å². The number of hydrogen-bond acceptors (Lipinski definition) is 4. The Morgan fingerprint density at radius 3 is 1.77 bits per heavy atom. The normalized spacial score (nSPS) is 30.3. The number of aryl methyl sites for hydroxylation is 4. The fraction of sp³-hybridized carbons (Fsp3) is 0.316. The number of rotatable bonds is 3. The van der Waals surface area contributed by atoms with Crippen molar-refractivity contribution in [1.82, 2.24) is 0 Å². The fourth-order valence-electron chi connectivity index (χ4n) is 9.10. The van der Waals surface area contributed by atoms with Crippen molar-refractivity contribution in [2.24, 2.45) is 41.4 Å². The number of anilines is 2. The summed E-state index contributed by atoms with van der Waals surface area (Å²) in [6.45, 7) is 7.86. The predicted octanol–water partition coefficient (Wildman–Crippen LogP) is 6.12. The van der Waals surface area contributed by atoms with E-state index in [1.165, 1.54) is 9.80 Å². The molecule has 3 aromatic rings. The lowest BCUT2D eigenvalue weighted by atomic mass is 9.49. The molecule has 3 fully saturated rings. The maximum absolute atomic E-state index is 14.5. The zero-order valence-corrected chi connectivity index (χ0v) is 25.3. The maximum atomic E-state index is 14.5. The number of benzene rings is 3. The molecule has 0 spiro atoms. The number of allylic oxidation sites excluding steroid dienone is 4. The molecule has 3 aromatic carbocycles. The van der Waals surface area contributed by atoms with Crippen molar-refractivity contribution in [1.29, 1.82) is 0 Å². The average Bonchev–Trinajstić information content (AvgIpc) is 3.43. The van der Waals surface area contributed by atoms with E-state index in [2.05, 4.69) is 24.3 Å². The zero-order valence-electron chi connectivity index (χ0n) is 25.3. The van der Waals surface area contributed by atoms with Crippen LogP contribution in [-0.4, -0.2) is 23.6 Å². The van der Waals surface area contributed by atoms with Crippen molar-refractivity contribution >= 4 is 40.6 Å². The standard InChI is InChI=1S/C38H34N2O4/c1-19-10-14-28(21(3)16-19)39-35(41)27-18-26(23-8-6-5-7-9-23)30-24-12-13-25(31(30)34(27)38(39)44)33-32(24)36(42)40(37(33)43)29-15-11-20(2)17-22(29)4/h5-17,24-25,27,31-34H,18H2,1-4H3/t24-,25-,27+,31+,32-,33+,34-/m1/s1. The zero-order chi connectivity index (χ0) is 30.6. The van der Waals surface area contributed by atoms with Gasteiger partial charge in [-0.1, -0.05) is 83.4 Å². The van der Waals surface area contributed by atoms with Crippen LogP contribution < -0.4 is 9.80 Å². The second-order valence-electron chi connectivity index (χ2n) is 13.3. The molecule has 4 amide bonds. The van der Waals surface area contributed by atoms with Crippen LogP contribution in [0.1, 0.15) is 34.2 Å². The minimum absolute atomic E-state index is 0.169. The lowest BCUT2D eigenvalue weighted by Gasteiger charge is -2.51. The van der Waals surface area contributed by atoms with Crippen LogP contribution in [0.4, 0.5) is 11.4 Å². The highest BCUT2D eigenvalue weighted by molar-refractivity contribution is 6.25. The molecule has 0 radical (unpaired) electrons. The molecule has 6 nitrogen and oxygen atoms in total. The number of amides is 4. The second kappa shape index (κ2) is 9.46. The second-order valence-corrected chi connectivity index (χ2v) is 13.3. The van der Waals surface area contributed by atoms with Gasteiger partial charge in [0.1, 0.15) is 0 Å². The van der Waals surface area contributed by atoms with Crippen LogP contribution in [0, 0.1) is 69.1 Å². The van der Waals surface area contributed by atoms with Crippen molar-refractivity contribution in [3.05, 3.63) is 112 Å². The smallest absolute Gasteiger partial charge is 0.238 e. The Bertz CT molecular complexity index is 1870. The van der Waals surface area contributed by atoms with Gasteiger partial charge in [-0.05, 0) is 74.4 Å². The summed E-state index contributed by atoms with van der Waals surface area (Å²) in [5.74, 6) is -3.93. The van der Waals surface area contributed by atoms with Gasteiger partial charge < -0.3 is 0 Å². The first-order chi connectivity index (χ1) is 21.2. The molecular formula is C38H34N2O4. The Labute approximate surface area is 257 Å².